The number of rotatable bonds is 5. The summed E-state index contributed by atoms with van der Waals surface area (Å²) >= 11 is 5.01. The first kappa shape index (κ1) is 20.7. The molecule has 2 aromatic rings. The van der Waals surface area contributed by atoms with Crippen molar-refractivity contribution in [1.29, 1.82) is 0 Å². The van der Waals surface area contributed by atoms with Gasteiger partial charge in [-0.3, -0.25) is 14.9 Å². The second-order valence-corrected chi connectivity index (χ2v) is 7.42. The molecule has 3 atom stereocenters. The number of nitro benzene ring substituents is 1. The van der Waals surface area contributed by atoms with Crippen molar-refractivity contribution in [2.45, 2.75) is 24.6 Å². The standard InChI is InChI=1S/C20H16FN3O6S/c21-14-7-6-12(9-15(14)24(27)28)17-16(22-19(31)30-17)18(25)23-13(10-29-20(23)26)8-11-4-2-1-3-5-11/h1-7,9,13,16-17H,8,10H2,(H,22,31)/t13-,16-,17+/m0/s1. The monoisotopic (exact) mass is 445 g/mol. The van der Waals surface area contributed by atoms with Gasteiger partial charge in [0.1, 0.15) is 6.61 Å². The molecule has 2 aromatic carbocycles. The smallest absolute Gasteiger partial charge is 0.417 e. The van der Waals surface area contributed by atoms with Gasteiger partial charge in [-0.15, -0.1) is 0 Å². The molecule has 0 saturated carbocycles. The zero-order valence-electron chi connectivity index (χ0n) is 15.9. The van der Waals surface area contributed by atoms with Crippen LogP contribution in [0, 0.1) is 15.9 Å². The van der Waals surface area contributed by atoms with E-state index in [1.165, 1.54) is 6.07 Å². The Bertz CT molecular complexity index is 1070. The second-order valence-electron chi connectivity index (χ2n) is 7.04. The highest BCUT2D eigenvalue weighted by molar-refractivity contribution is 7.80. The van der Waals surface area contributed by atoms with Crippen molar-refractivity contribution in [2.75, 3.05) is 6.61 Å². The quantitative estimate of drug-likeness (QED) is 0.425. The summed E-state index contributed by atoms with van der Waals surface area (Å²) < 4.78 is 24.3. The first-order chi connectivity index (χ1) is 14.8. The molecule has 0 radical (unpaired) electrons. The van der Waals surface area contributed by atoms with Gasteiger partial charge in [-0.05, 0) is 30.3 Å². The van der Waals surface area contributed by atoms with Crippen molar-refractivity contribution in [3.63, 3.8) is 0 Å². The number of carbonyl (C=O) groups is 2. The average Bonchev–Trinajstić information content (AvgIpc) is 3.31. The summed E-state index contributed by atoms with van der Waals surface area (Å²) in [5.41, 5.74) is 0.332. The van der Waals surface area contributed by atoms with E-state index >= 15 is 0 Å². The third kappa shape index (κ3) is 4.04. The third-order valence-corrected chi connectivity index (χ3v) is 5.30. The van der Waals surface area contributed by atoms with Gasteiger partial charge in [0.25, 0.3) is 11.1 Å². The van der Waals surface area contributed by atoms with Crippen LogP contribution in [0.4, 0.5) is 14.9 Å². The first-order valence-corrected chi connectivity index (χ1v) is 9.70. The fraction of sp³-hybridized carbons (Fsp3) is 0.250. The largest absolute Gasteiger partial charge is 0.460 e. The fourth-order valence-electron chi connectivity index (χ4n) is 3.64. The minimum Gasteiger partial charge on any atom is -0.460 e. The first-order valence-electron chi connectivity index (χ1n) is 9.30. The van der Waals surface area contributed by atoms with E-state index < -0.39 is 46.6 Å². The molecule has 2 amide bonds. The molecular weight excluding hydrogens is 429 g/mol. The minimum absolute atomic E-state index is 0.0319. The molecule has 2 fully saturated rings. The average molecular weight is 445 g/mol. The van der Waals surface area contributed by atoms with Crippen molar-refractivity contribution in [2.24, 2.45) is 0 Å². The number of nitrogens with one attached hydrogen (secondary N) is 1. The Morgan fingerprint density at radius 3 is 2.74 bits per heavy atom. The Kier molecular flexibility index (Phi) is 5.51. The lowest BCUT2D eigenvalue weighted by Crippen LogP contribution is -2.50. The summed E-state index contributed by atoms with van der Waals surface area (Å²) in [6.07, 6.45) is -1.48. The normalized spacial score (nSPS) is 22.6. The van der Waals surface area contributed by atoms with Crippen molar-refractivity contribution in [3.05, 3.63) is 75.6 Å². The number of nitro groups is 1. The number of halogens is 1. The molecule has 2 aliphatic heterocycles. The fourth-order valence-corrected chi connectivity index (χ4v) is 3.87. The van der Waals surface area contributed by atoms with E-state index in [1.807, 2.05) is 30.3 Å². The van der Waals surface area contributed by atoms with Crippen molar-refractivity contribution >= 4 is 35.1 Å². The molecule has 2 aliphatic rings. The maximum atomic E-state index is 13.7. The van der Waals surface area contributed by atoms with Crippen molar-refractivity contribution in [1.82, 2.24) is 10.2 Å². The Morgan fingerprint density at radius 1 is 1.29 bits per heavy atom. The van der Waals surface area contributed by atoms with E-state index in [1.54, 1.807) is 0 Å². The van der Waals surface area contributed by atoms with E-state index in [4.69, 9.17) is 21.7 Å². The van der Waals surface area contributed by atoms with Gasteiger partial charge in [0.05, 0.1) is 11.0 Å². The molecular formula is C20H16FN3O6S. The highest BCUT2D eigenvalue weighted by Gasteiger charge is 2.47. The van der Waals surface area contributed by atoms with Gasteiger partial charge in [-0.2, -0.15) is 4.39 Å². The molecule has 11 heteroatoms. The summed E-state index contributed by atoms with van der Waals surface area (Å²) in [7, 11) is 0. The number of hydrogen-bond donors (Lipinski definition) is 1. The molecule has 2 heterocycles. The summed E-state index contributed by atoms with van der Waals surface area (Å²) in [5, 5.41) is 13.7. The molecule has 160 valence electrons. The van der Waals surface area contributed by atoms with Crippen LogP contribution in [0.3, 0.4) is 0 Å². The highest BCUT2D eigenvalue weighted by Crippen LogP contribution is 2.32. The molecule has 0 unspecified atom stereocenters. The van der Waals surface area contributed by atoms with Gasteiger partial charge in [-0.1, -0.05) is 36.4 Å². The number of thiocarbonyl (C=S) groups is 1. The van der Waals surface area contributed by atoms with E-state index in [9.17, 15) is 24.1 Å². The number of amides is 2. The van der Waals surface area contributed by atoms with Gasteiger partial charge in [0.2, 0.25) is 5.82 Å². The van der Waals surface area contributed by atoms with Gasteiger partial charge >= 0.3 is 11.8 Å². The molecule has 0 bridgehead atoms. The van der Waals surface area contributed by atoms with Gasteiger partial charge < -0.3 is 14.8 Å². The predicted octanol–water partition coefficient (Wildman–Crippen LogP) is 2.64. The van der Waals surface area contributed by atoms with Crippen molar-refractivity contribution < 1.29 is 28.4 Å². The number of hydrogen-bond acceptors (Lipinski definition) is 7. The number of imide groups is 1. The summed E-state index contributed by atoms with van der Waals surface area (Å²) in [5.74, 6) is -1.67. The van der Waals surface area contributed by atoms with Crippen molar-refractivity contribution in [3.8, 4) is 0 Å². The van der Waals surface area contributed by atoms with Crippen LogP contribution in [0.5, 0.6) is 0 Å². The summed E-state index contributed by atoms with van der Waals surface area (Å²) in [4.78, 5) is 36.8. The van der Waals surface area contributed by atoms with Crippen LogP contribution >= 0.6 is 12.2 Å². The molecule has 2 saturated heterocycles. The van der Waals surface area contributed by atoms with E-state index in [-0.39, 0.29) is 17.3 Å². The maximum absolute atomic E-state index is 13.7. The maximum Gasteiger partial charge on any atom is 0.417 e. The van der Waals surface area contributed by atoms with Crippen LogP contribution in [0.2, 0.25) is 0 Å². The molecule has 4 rings (SSSR count). The topological polar surface area (TPSA) is 111 Å². The number of cyclic esters (lactones) is 1. The second kappa shape index (κ2) is 8.26. The van der Waals surface area contributed by atoms with E-state index in [0.717, 1.165) is 22.6 Å². The molecule has 0 aliphatic carbocycles. The SMILES string of the molecule is O=C1OC[C@H](Cc2ccccc2)N1C(=O)[C@H]1NC(=S)O[C@@H]1c1ccc(F)c([N+](=O)[O-])c1. The summed E-state index contributed by atoms with van der Waals surface area (Å²) in [6, 6.07) is 10.8. The van der Waals surface area contributed by atoms with Crippen LogP contribution in [-0.4, -0.2) is 45.7 Å². The van der Waals surface area contributed by atoms with Crippen LogP contribution in [0.25, 0.3) is 0 Å². The number of nitrogens with zero attached hydrogens (tertiary/aromatic N) is 2. The minimum atomic E-state index is -1.14. The number of carbonyl (C=O) groups excluding carboxylic acids is 2. The zero-order valence-corrected chi connectivity index (χ0v) is 16.7. The molecule has 9 nitrogen and oxygen atoms in total. The van der Waals surface area contributed by atoms with Crippen LogP contribution in [0.15, 0.2) is 48.5 Å². The summed E-state index contributed by atoms with van der Waals surface area (Å²) in [6.45, 7) is 0.0319. The van der Waals surface area contributed by atoms with Crippen LogP contribution in [-0.2, 0) is 20.7 Å². The lowest BCUT2D eigenvalue weighted by atomic mass is 9.99. The molecule has 31 heavy (non-hydrogen) atoms. The van der Waals surface area contributed by atoms with Crippen LogP contribution < -0.4 is 5.32 Å². The van der Waals surface area contributed by atoms with E-state index in [0.29, 0.717) is 6.42 Å². The lowest BCUT2D eigenvalue weighted by molar-refractivity contribution is -0.387. The van der Waals surface area contributed by atoms with Gasteiger partial charge in [0.15, 0.2) is 12.1 Å². The highest BCUT2D eigenvalue weighted by atomic mass is 32.1. The van der Waals surface area contributed by atoms with Crippen LogP contribution in [0.1, 0.15) is 17.2 Å². The lowest BCUT2D eigenvalue weighted by Gasteiger charge is -2.24. The third-order valence-electron chi connectivity index (χ3n) is 5.08. The zero-order chi connectivity index (χ0) is 22.1. The Hall–Kier alpha value is -3.60. The van der Waals surface area contributed by atoms with E-state index in [2.05, 4.69) is 5.32 Å². The predicted molar refractivity (Wildman–Crippen MR) is 109 cm³/mol. The number of ether oxygens (including phenoxy) is 2. The Morgan fingerprint density at radius 2 is 2.03 bits per heavy atom. The molecule has 0 spiro atoms. The molecule has 1 N–H and O–H groups in total. The Balaban J connectivity index is 1.61. The Labute approximate surface area is 180 Å². The van der Waals surface area contributed by atoms with Gasteiger partial charge in [-0.25, -0.2) is 9.69 Å². The number of benzene rings is 2. The van der Waals surface area contributed by atoms with Gasteiger partial charge in [0, 0.05) is 11.6 Å². The molecule has 0 aromatic heterocycles.